The molecule has 0 radical (unpaired) electrons. The lowest BCUT2D eigenvalue weighted by Crippen LogP contribution is -2.18. The first kappa shape index (κ1) is 12.7. The van der Waals surface area contributed by atoms with E-state index in [4.69, 9.17) is 5.73 Å². The molecule has 0 aliphatic rings. The van der Waals surface area contributed by atoms with E-state index in [0.29, 0.717) is 6.04 Å². The lowest BCUT2D eigenvalue weighted by molar-refractivity contribution is 0.793. The summed E-state index contributed by atoms with van der Waals surface area (Å²) in [5.74, 6) is 0. The molecular weight excluding hydrogens is 343 g/mol. The molecule has 0 amide bonds. The van der Waals surface area contributed by atoms with Gasteiger partial charge in [-0.1, -0.05) is 0 Å². The van der Waals surface area contributed by atoms with Crippen LogP contribution in [0.4, 0.5) is 11.4 Å². The minimum Gasteiger partial charge on any atom is -0.397 e. The van der Waals surface area contributed by atoms with E-state index in [1.807, 2.05) is 12.1 Å². The third-order valence-corrected chi connectivity index (χ3v) is 3.94. The summed E-state index contributed by atoms with van der Waals surface area (Å²) in [6.07, 6.45) is 1.02. The van der Waals surface area contributed by atoms with Crippen molar-refractivity contribution >= 4 is 45.3 Å². The Kier molecular flexibility index (Phi) is 4.28. The number of anilines is 2. The fraction of sp³-hybridized carbons (Fsp3) is 0.231. The van der Waals surface area contributed by atoms with Crippen molar-refractivity contribution in [2.75, 3.05) is 11.1 Å². The molecule has 2 rings (SSSR count). The van der Waals surface area contributed by atoms with Crippen molar-refractivity contribution in [3.05, 3.63) is 44.2 Å². The van der Waals surface area contributed by atoms with Gasteiger partial charge in [-0.15, -0.1) is 0 Å². The van der Waals surface area contributed by atoms with Gasteiger partial charge in [-0.05, 0) is 76.5 Å². The highest BCUT2D eigenvalue weighted by molar-refractivity contribution is 14.1. The summed E-state index contributed by atoms with van der Waals surface area (Å²) in [5.41, 5.74) is 9.19. The standard InChI is InChI=1S/C13H15IN2S/c1-9(6-10-4-5-17-8-10)16-13-3-2-11(14)7-12(13)15/h2-5,7-9,16H,6,15H2,1H3. The number of halogens is 1. The number of hydrogen-bond acceptors (Lipinski definition) is 3. The van der Waals surface area contributed by atoms with Gasteiger partial charge < -0.3 is 11.1 Å². The number of nitrogens with two attached hydrogens (primary N) is 1. The van der Waals surface area contributed by atoms with E-state index in [1.165, 1.54) is 5.56 Å². The Balaban J connectivity index is 2.00. The van der Waals surface area contributed by atoms with Crippen molar-refractivity contribution < 1.29 is 0 Å². The smallest absolute Gasteiger partial charge is 0.0576 e. The number of rotatable bonds is 4. The Morgan fingerprint density at radius 2 is 2.24 bits per heavy atom. The van der Waals surface area contributed by atoms with Gasteiger partial charge in [-0.2, -0.15) is 11.3 Å². The average molecular weight is 358 g/mol. The van der Waals surface area contributed by atoms with Gasteiger partial charge >= 0.3 is 0 Å². The topological polar surface area (TPSA) is 38.0 Å². The molecule has 1 atom stereocenters. The van der Waals surface area contributed by atoms with Gasteiger partial charge in [0.1, 0.15) is 0 Å². The first-order valence-corrected chi connectivity index (χ1v) is 7.50. The maximum Gasteiger partial charge on any atom is 0.0576 e. The van der Waals surface area contributed by atoms with Crippen LogP contribution in [-0.4, -0.2) is 6.04 Å². The highest BCUT2D eigenvalue weighted by Crippen LogP contribution is 2.22. The molecule has 3 N–H and O–H groups in total. The summed E-state index contributed by atoms with van der Waals surface area (Å²) in [5, 5.41) is 7.75. The zero-order valence-electron chi connectivity index (χ0n) is 9.61. The summed E-state index contributed by atoms with van der Waals surface area (Å²) in [7, 11) is 0. The Morgan fingerprint density at radius 1 is 1.41 bits per heavy atom. The van der Waals surface area contributed by atoms with E-state index in [0.717, 1.165) is 21.4 Å². The Labute approximate surface area is 119 Å². The highest BCUT2D eigenvalue weighted by atomic mass is 127. The molecule has 0 aliphatic heterocycles. The molecule has 0 bridgehead atoms. The molecular formula is C13H15IN2S. The largest absolute Gasteiger partial charge is 0.397 e. The van der Waals surface area contributed by atoms with Crippen LogP contribution >= 0.6 is 33.9 Å². The third-order valence-electron chi connectivity index (χ3n) is 2.54. The fourth-order valence-corrected chi connectivity index (χ4v) is 2.94. The summed E-state index contributed by atoms with van der Waals surface area (Å²) < 4.78 is 1.16. The molecule has 2 nitrogen and oxygen atoms in total. The number of thiophene rings is 1. The van der Waals surface area contributed by atoms with E-state index >= 15 is 0 Å². The van der Waals surface area contributed by atoms with E-state index in [-0.39, 0.29) is 0 Å². The van der Waals surface area contributed by atoms with Crippen molar-refractivity contribution in [3.8, 4) is 0 Å². The maximum absolute atomic E-state index is 5.98. The second-order valence-electron chi connectivity index (χ2n) is 4.11. The molecule has 17 heavy (non-hydrogen) atoms. The summed E-state index contributed by atoms with van der Waals surface area (Å²) >= 11 is 4.01. The van der Waals surface area contributed by atoms with Crippen molar-refractivity contribution in [3.63, 3.8) is 0 Å². The monoisotopic (exact) mass is 358 g/mol. The van der Waals surface area contributed by atoms with Crippen LogP contribution in [0, 0.1) is 3.57 Å². The van der Waals surface area contributed by atoms with Crippen LogP contribution in [0.5, 0.6) is 0 Å². The second kappa shape index (κ2) is 5.73. The zero-order chi connectivity index (χ0) is 12.3. The Bertz CT molecular complexity index is 482. The van der Waals surface area contributed by atoms with Crippen LogP contribution in [0.1, 0.15) is 12.5 Å². The summed E-state index contributed by atoms with van der Waals surface area (Å²) in [4.78, 5) is 0. The van der Waals surface area contributed by atoms with Crippen molar-refractivity contribution in [2.45, 2.75) is 19.4 Å². The molecule has 1 heterocycles. The third kappa shape index (κ3) is 3.61. The van der Waals surface area contributed by atoms with Gasteiger partial charge in [0.2, 0.25) is 0 Å². The lowest BCUT2D eigenvalue weighted by Gasteiger charge is -2.16. The second-order valence-corrected chi connectivity index (χ2v) is 6.14. The fourth-order valence-electron chi connectivity index (χ4n) is 1.74. The zero-order valence-corrected chi connectivity index (χ0v) is 12.6. The minimum atomic E-state index is 0.381. The minimum absolute atomic E-state index is 0.381. The van der Waals surface area contributed by atoms with Gasteiger partial charge in [0, 0.05) is 9.61 Å². The Hall–Kier alpha value is -0.750. The Morgan fingerprint density at radius 3 is 2.88 bits per heavy atom. The molecule has 90 valence electrons. The van der Waals surface area contributed by atoms with E-state index < -0.39 is 0 Å². The molecule has 2 aromatic rings. The quantitative estimate of drug-likeness (QED) is 0.641. The molecule has 0 aliphatic carbocycles. The molecule has 1 aromatic heterocycles. The van der Waals surface area contributed by atoms with Crippen LogP contribution in [0.3, 0.4) is 0 Å². The normalized spacial score (nSPS) is 12.4. The van der Waals surface area contributed by atoms with Gasteiger partial charge in [0.25, 0.3) is 0 Å². The van der Waals surface area contributed by atoms with Crippen molar-refractivity contribution in [1.82, 2.24) is 0 Å². The summed E-state index contributed by atoms with van der Waals surface area (Å²) in [6.45, 7) is 2.18. The van der Waals surface area contributed by atoms with Gasteiger partial charge in [0.15, 0.2) is 0 Å². The molecule has 4 heteroatoms. The van der Waals surface area contributed by atoms with E-state index in [2.05, 4.69) is 57.7 Å². The van der Waals surface area contributed by atoms with E-state index in [1.54, 1.807) is 11.3 Å². The SMILES string of the molecule is CC(Cc1ccsc1)Nc1ccc(I)cc1N. The van der Waals surface area contributed by atoms with Crippen LogP contribution in [0.15, 0.2) is 35.0 Å². The van der Waals surface area contributed by atoms with Crippen molar-refractivity contribution in [1.29, 1.82) is 0 Å². The van der Waals surface area contributed by atoms with Crippen LogP contribution in [-0.2, 0) is 6.42 Å². The molecule has 0 saturated carbocycles. The number of nitrogens with one attached hydrogen (secondary N) is 1. The molecule has 0 spiro atoms. The lowest BCUT2D eigenvalue weighted by atomic mass is 10.1. The van der Waals surface area contributed by atoms with Crippen LogP contribution in [0.2, 0.25) is 0 Å². The predicted molar refractivity (Wildman–Crippen MR) is 84.7 cm³/mol. The molecule has 0 fully saturated rings. The molecule has 0 saturated heterocycles. The van der Waals surface area contributed by atoms with Crippen LogP contribution in [0.25, 0.3) is 0 Å². The molecule has 1 unspecified atom stereocenters. The molecule has 1 aromatic carbocycles. The highest BCUT2D eigenvalue weighted by Gasteiger charge is 2.06. The van der Waals surface area contributed by atoms with Gasteiger partial charge in [-0.3, -0.25) is 0 Å². The van der Waals surface area contributed by atoms with Crippen LogP contribution < -0.4 is 11.1 Å². The van der Waals surface area contributed by atoms with E-state index in [9.17, 15) is 0 Å². The number of nitrogen functional groups attached to an aromatic ring is 1. The van der Waals surface area contributed by atoms with Gasteiger partial charge in [0.05, 0.1) is 11.4 Å². The maximum atomic E-state index is 5.98. The predicted octanol–water partition coefficient (Wildman–Crippen LogP) is 3.98. The number of benzene rings is 1. The number of hydrogen-bond donors (Lipinski definition) is 2. The summed E-state index contributed by atoms with van der Waals surface area (Å²) in [6, 6.07) is 8.64. The van der Waals surface area contributed by atoms with Gasteiger partial charge in [-0.25, -0.2) is 0 Å². The first-order chi connectivity index (χ1) is 8.15. The first-order valence-electron chi connectivity index (χ1n) is 5.48. The average Bonchev–Trinajstić information content (AvgIpc) is 2.75. The van der Waals surface area contributed by atoms with Crippen molar-refractivity contribution in [2.24, 2.45) is 0 Å².